The van der Waals surface area contributed by atoms with Crippen molar-refractivity contribution in [2.75, 3.05) is 41.0 Å². The van der Waals surface area contributed by atoms with Gasteiger partial charge in [-0.25, -0.2) is 0 Å². The van der Waals surface area contributed by atoms with E-state index in [-0.39, 0.29) is 35.7 Å². The zero-order valence-electron chi connectivity index (χ0n) is 20.3. The normalized spacial score (nSPS) is 60.9. The van der Waals surface area contributed by atoms with E-state index in [1.807, 2.05) is 0 Å². The molecule has 6 aliphatic rings. The maximum absolute atomic E-state index is 12.9. The number of hydrogen-bond donors (Lipinski definition) is 4. The highest BCUT2D eigenvalue weighted by atomic mass is 16.5. The Bertz CT molecular complexity index is 814. The van der Waals surface area contributed by atoms with E-state index in [9.17, 15) is 20.4 Å². The Morgan fingerprint density at radius 3 is 2.48 bits per heavy atom. The molecule has 1 heterocycles. The van der Waals surface area contributed by atoms with Gasteiger partial charge in [0.1, 0.15) is 11.2 Å². The smallest absolute Gasteiger partial charge is 0.136 e. The van der Waals surface area contributed by atoms with Gasteiger partial charge in [0.25, 0.3) is 0 Å². The van der Waals surface area contributed by atoms with Crippen molar-refractivity contribution < 1.29 is 34.6 Å². The number of aliphatic hydroxyl groups is 4. The predicted octanol–water partition coefficient (Wildman–Crippen LogP) is 0.00700. The molecule has 8 heteroatoms. The van der Waals surface area contributed by atoms with E-state index >= 15 is 0 Å². The topological polar surface area (TPSA) is 112 Å². The molecule has 1 saturated heterocycles. The summed E-state index contributed by atoms with van der Waals surface area (Å²) < 4.78 is 17.8. The van der Waals surface area contributed by atoms with Crippen LogP contribution in [0, 0.1) is 34.5 Å². The number of nitrogens with zero attached hydrogens (tertiary/aromatic N) is 1. The molecule has 8 nitrogen and oxygen atoms in total. The summed E-state index contributed by atoms with van der Waals surface area (Å²) in [6.45, 7) is 4.18. The van der Waals surface area contributed by atoms with E-state index in [4.69, 9.17) is 14.2 Å². The molecule has 0 radical (unpaired) electrons. The van der Waals surface area contributed by atoms with Gasteiger partial charge in [-0.1, -0.05) is 6.92 Å². The van der Waals surface area contributed by atoms with Gasteiger partial charge in [0, 0.05) is 62.9 Å². The average Bonchev–Trinajstić information content (AvgIpc) is 3.15. The molecule has 188 valence electrons. The largest absolute Gasteiger partial charge is 0.392 e. The maximum atomic E-state index is 12.9. The molecule has 6 fully saturated rings. The molecule has 6 rings (SSSR count). The summed E-state index contributed by atoms with van der Waals surface area (Å²) in [7, 11) is 4.97. The van der Waals surface area contributed by atoms with E-state index in [0.29, 0.717) is 19.4 Å². The Morgan fingerprint density at radius 2 is 1.85 bits per heavy atom. The summed E-state index contributed by atoms with van der Waals surface area (Å²) in [6.07, 6.45) is 0.886. The van der Waals surface area contributed by atoms with Gasteiger partial charge in [-0.05, 0) is 38.1 Å². The molecule has 13 atom stereocenters. The molecule has 13 unspecified atom stereocenters. The molecular formula is C25H41NO7. The van der Waals surface area contributed by atoms with Gasteiger partial charge in [0.15, 0.2) is 0 Å². The minimum Gasteiger partial charge on any atom is -0.392 e. The van der Waals surface area contributed by atoms with Gasteiger partial charge in [0.2, 0.25) is 0 Å². The Kier molecular flexibility index (Phi) is 4.99. The highest BCUT2D eigenvalue weighted by Gasteiger charge is 2.91. The number of rotatable bonds is 6. The Balaban J connectivity index is 1.66. The van der Waals surface area contributed by atoms with E-state index in [1.54, 1.807) is 21.3 Å². The van der Waals surface area contributed by atoms with Crippen molar-refractivity contribution in [2.24, 2.45) is 34.5 Å². The lowest BCUT2D eigenvalue weighted by atomic mass is 9.42. The second-order valence-electron chi connectivity index (χ2n) is 12.1. The van der Waals surface area contributed by atoms with E-state index in [2.05, 4.69) is 11.8 Å². The molecular weight excluding hydrogens is 426 g/mol. The molecule has 1 aliphatic heterocycles. The summed E-state index contributed by atoms with van der Waals surface area (Å²) in [4.78, 5) is 2.34. The SMILES string of the molecule is CCCN1CC2(COC)CCC(O)C34C5CC6C(OC)CC(O)(C5C6O)C(O)(C(OC)C23)C14. The van der Waals surface area contributed by atoms with E-state index < -0.39 is 46.9 Å². The highest BCUT2D eigenvalue weighted by molar-refractivity contribution is 5.41. The second kappa shape index (κ2) is 7.13. The number of ether oxygens (including phenoxy) is 3. The van der Waals surface area contributed by atoms with Crippen LogP contribution in [0.4, 0.5) is 0 Å². The van der Waals surface area contributed by atoms with Crippen molar-refractivity contribution in [3.05, 3.63) is 0 Å². The first-order valence-corrected chi connectivity index (χ1v) is 12.8. The highest BCUT2D eigenvalue weighted by Crippen LogP contribution is 2.80. The Labute approximate surface area is 196 Å². The molecule has 5 aliphatic carbocycles. The number of piperidine rings is 1. The van der Waals surface area contributed by atoms with Crippen LogP contribution in [0.15, 0.2) is 0 Å². The third kappa shape index (κ3) is 2.24. The van der Waals surface area contributed by atoms with Crippen LogP contribution in [0.25, 0.3) is 0 Å². The van der Waals surface area contributed by atoms with Crippen molar-refractivity contribution in [3.8, 4) is 0 Å². The van der Waals surface area contributed by atoms with Crippen LogP contribution in [0.1, 0.15) is 39.0 Å². The van der Waals surface area contributed by atoms with Crippen molar-refractivity contribution in [1.29, 1.82) is 0 Å². The lowest BCUT2D eigenvalue weighted by Crippen LogP contribution is -2.82. The monoisotopic (exact) mass is 467 g/mol. The van der Waals surface area contributed by atoms with Crippen LogP contribution in [0.2, 0.25) is 0 Å². The third-order valence-electron chi connectivity index (χ3n) is 11.3. The van der Waals surface area contributed by atoms with E-state index in [0.717, 1.165) is 25.9 Å². The van der Waals surface area contributed by atoms with Crippen LogP contribution in [0.5, 0.6) is 0 Å². The molecule has 7 bridgehead atoms. The van der Waals surface area contributed by atoms with Gasteiger partial charge in [-0.3, -0.25) is 4.90 Å². The molecule has 0 amide bonds. The first kappa shape index (κ1) is 23.1. The fourth-order valence-corrected chi connectivity index (χ4v) is 10.9. The maximum Gasteiger partial charge on any atom is 0.136 e. The van der Waals surface area contributed by atoms with Gasteiger partial charge in [-0.2, -0.15) is 0 Å². The third-order valence-corrected chi connectivity index (χ3v) is 11.3. The predicted molar refractivity (Wildman–Crippen MR) is 118 cm³/mol. The lowest BCUT2D eigenvalue weighted by Gasteiger charge is -2.69. The summed E-state index contributed by atoms with van der Waals surface area (Å²) in [6, 6.07) is -0.437. The summed E-state index contributed by atoms with van der Waals surface area (Å²) >= 11 is 0. The lowest BCUT2D eigenvalue weighted by molar-refractivity contribution is -0.317. The minimum atomic E-state index is -1.63. The second-order valence-corrected chi connectivity index (χ2v) is 12.1. The van der Waals surface area contributed by atoms with Gasteiger partial charge < -0.3 is 34.6 Å². The van der Waals surface area contributed by atoms with Crippen molar-refractivity contribution in [1.82, 2.24) is 4.90 Å². The number of likely N-dealkylation sites (tertiary alicyclic amines) is 1. The van der Waals surface area contributed by atoms with E-state index in [1.165, 1.54) is 0 Å². The molecule has 5 saturated carbocycles. The Hall–Kier alpha value is -0.320. The van der Waals surface area contributed by atoms with Gasteiger partial charge >= 0.3 is 0 Å². The molecule has 0 aromatic heterocycles. The van der Waals surface area contributed by atoms with Gasteiger partial charge in [-0.15, -0.1) is 0 Å². The van der Waals surface area contributed by atoms with Gasteiger partial charge in [0.05, 0.1) is 37.1 Å². The fraction of sp³-hybridized carbons (Fsp3) is 1.00. The fourth-order valence-electron chi connectivity index (χ4n) is 10.9. The van der Waals surface area contributed by atoms with Crippen molar-refractivity contribution in [3.63, 3.8) is 0 Å². The zero-order valence-corrected chi connectivity index (χ0v) is 20.3. The van der Waals surface area contributed by atoms with Crippen LogP contribution < -0.4 is 0 Å². The number of hydrogen-bond acceptors (Lipinski definition) is 8. The number of fused-ring (bicyclic) bond motifs is 2. The molecule has 0 aromatic carbocycles. The van der Waals surface area contributed by atoms with Crippen LogP contribution >= 0.6 is 0 Å². The first-order chi connectivity index (χ1) is 15.7. The number of methoxy groups -OCH3 is 3. The standard InChI is InChI=1S/C25H41NO7/c1-5-8-26-11-22(12-31-2)7-6-16(27)24-14-9-13-15(32-3)10-23(29,17(14)18(13)28)25(30,21(24)26)20(33-4)19(22)24/h13-21,27-30H,5-12H2,1-4H3. The average molecular weight is 468 g/mol. The van der Waals surface area contributed by atoms with Crippen molar-refractivity contribution >= 4 is 0 Å². The van der Waals surface area contributed by atoms with Crippen LogP contribution in [0.3, 0.4) is 0 Å². The molecule has 33 heavy (non-hydrogen) atoms. The molecule has 4 N–H and O–H groups in total. The van der Waals surface area contributed by atoms with Crippen LogP contribution in [-0.4, -0.2) is 108 Å². The minimum absolute atomic E-state index is 0.102. The number of aliphatic hydroxyl groups excluding tert-OH is 2. The summed E-state index contributed by atoms with van der Waals surface area (Å²) in [5, 5.41) is 48.8. The molecule has 1 spiro atoms. The quantitative estimate of drug-likeness (QED) is 0.432. The van der Waals surface area contributed by atoms with Crippen LogP contribution in [-0.2, 0) is 14.2 Å². The van der Waals surface area contributed by atoms with Crippen molar-refractivity contribution in [2.45, 2.75) is 80.7 Å². The summed E-state index contributed by atoms with van der Waals surface area (Å²) in [5.74, 6) is -0.889. The first-order valence-electron chi connectivity index (χ1n) is 12.8. The summed E-state index contributed by atoms with van der Waals surface area (Å²) in [5.41, 5.74) is -4.15. The zero-order chi connectivity index (χ0) is 23.6. The molecule has 0 aromatic rings. The Morgan fingerprint density at radius 1 is 1.09 bits per heavy atom.